The fourth-order valence-electron chi connectivity index (χ4n) is 4.74. The molecule has 9 nitrogen and oxygen atoms in total. The summed E-state index contributed by atoms with van der Waals surface area (Å²) < 4.78 is 11.2. The van der Waals surface area contributed by atoms with E-state index in [0.717, 1.165) is 56.1 Å². The van der Waals surface area contributed by atoms with Crippen molar-refractivity contribution in [2.75, 3.05) is 26.7 Å². The highest BCUT2D eigenvalue weighted by atomic mass is 16.5. The second kappa shape index (κ2) is 12.8. The maximum Gasteiger partial charge on any atom is 0.414 e. The lowest BCUT2D eigenvalue weighted by Gasteiger charge is -2.39. The highest BCUT2D eigenvalue weighted by Crippen LogP contribution is 2.41. The standard InChI is InChI=1S/C28H29N3O2.C2H2O4/c1-32-25-14-12-22(13-15-25)16-19-31-20-17-28(18-21-31,24-10-6-3-7-11-24)27-29-26(30-33-27)23-8-4-2-5-9-23;3-1(4)2(5)6/h2-15H,16-21H2,1H3;(H,3,4)(H,5,6). The van der Waals surface area contributed by atoms with Crippen molar-refractivity contribution in [1.29, 1.82) is 0 Å². The van der Waals surface area contributed by atoms with Crippen LogP contribution in [0.4, 0.5) is 0 Å². The van der Waals surface area contributed by atoms with Crippen LogP contribution in [0.3, 0.4) is 0 Å². The fraction of sp³-hybridized carbons (Fsp3) is 0.267. The van der Waals surface area contributed by atoms with Crippen LogP contribution in [0.1, 0.15) is 29.9 Å². The molecule has 2 heterocycles. The summed E-state index contributed by atoms with van der Waals surface area (Å²) in [4.78, 5) is 25.6. The van der Waals surface area contributed by atoms with Crippen LogP contribution in [0.15, 0.2) is 89.5 Å². The number of methoxy groups -OCH3 is 1. The largest absolute Gasteiger partial charge is 0.497 e. The molecule has 0 aliphatic carbocycles. The molecule has 0 atom stereocenters. The molecule has 0 saturated carbocycles. The van der Waals surface area contributed by atoms with E-state index in [1.165, 1.54) is 11.1 Å². The molecule has 0 amide bonds. The van der Waals surface area contributed by atoms with E-state index in [-0.39, 0.29) is 5.41 Å². The number of aliphatic carboxylic acids is 2. The van der Waals surface area contributed by atoms with Crippen molar-refractivity contribution in [1.82, 2.24) is 15.0 Å². The summed E-state index contributed by atoms with van der Waals surface area (Å²) in [5.74, 6) is -1.37. The molecule has 9 heteroatoms. The van der Waals surface area contributed by atoms with E-state index < -0.39 is 11.9 Å². The molecule has 39 heavy (non-hydrogen) atoms. The van der Waals surface area contributed by atoms with E-state index in [2.05, 4.69) is 52.5 Å². The summed E-state index contributed by atoms with van der Waals surface area (Å²) in [7, 11) is 1.70. The van der Waals surface area contributed by atoms with Crippen LogP contribution in [0.25, 0.3) is 11.4 Å². The molecule has 0 spiro atoms. The van der Waals surface area contributed by atoms with Crippen LogP contribution in [-0.2, 0) is 21.4 Å². The highest BCUT2D eigenvalue weighted by Gasteiger charge is 2.42. The number of aromatic nitrogens is 2. The number of rotatable bonds is 7. The van der Waals surface area contributed by atoms with Crippen LogP contribution in [0, 0.1) is 0 Å². The van der Waals surface area contributed by atoms with Gasteiger partial charge in [0.05, 0.1) is 12.5 Å². The lowest BCUT2D eigenvalue weighted by molar-refractivity contribution is -0.159. The molecule has 0 bridgehead atoms. The maximum atomic E-state index is 9.10. The topological polar surface area (TPSA) is 126 Å². The van der Waals surface area contributed by atoms with Gasteiger partial charge in [-0.1, -0.05) is 78.0 Å². The highest BCUT2D eigenvalue weighted by molar-refractivity contribution is 6.27. The van der Waals surface area contributed by atoms with Crippen LogP contribution in [-0.4, -0.2) is 63.9 Å². The van der Waals surface area contributed by atoms with Gasteiger partial charge in [0.2, 0.25) is 11.7 Å². The van der Waals surface area contributed by atoms with Crippen molar-refractivity contribution in [3.63, 3.8) is 0 Å². The Labute approximate surface area is 226 Å². The second-order valence-electron chi connectivity index (χ2n) is 9.29. The van der Waals surface area contributed by atoms with E-state index in [1.54, 1.807) is 7.11 Å². The summed E-state index contributed by atoms with van der Waals surface area (Å²) >= 11 is 0. The Morgan fingerprint density at radius 3 is 2.05 bits per heavy atom. The van der Waals surface area contributed by atoms with Crippen molar-refractivity contribution in [3.8, 4) is 17.1 Å². The molecular formula is C30H31N3O6. The van der Waals surface area contributed by atoms with Crippen LogP contribution >= 0.6 is 0 Å². The third kappa shape index (κ3) is 6.88. The van der Waals surface area contributed by atoms with Gasteiger partial charge >= 0.3 is 11.9 Å². The molecule has 1 aliphatic rings. The molecule has 3 aromatic carbocycles. The molecule has 1 aliphatic heterocycles. The van der Waals surface area contributed by atoms with Gasteiger partial charge in [-0.2, -0.15) is 4.98 Å². The molecule has 4 aromatic rings. The lowest BCUT2D eigenvalue weighted by Crippen LogP contribution is -2.44. The average molecular weight is 530 g/mol. The van der Waals surface area contributed by atoms with Gasteiger partial charge in [-0.25, -0.2) is 9.59 Å². The van der Waals surface area contributed by atoms with Crippen molar-refractivity contribution in [2.24, 2.45) is 0 Å². The maximum absolute atomic E-state index is 9.10. The Kier molecular flexibility index (Phi) is 9.06. The number of nitrogens with zero attached hydrogens (tertiary/aromatic N) is 3. The van der Waals surface area contributed by atoms with Crippen molar-refractivity contribution < 1.29 is 29.1 Å². The number of benzene rings is 3. The molecule has 1 fully saturated rings. The van der Waals surface area contributed by atoms with Gasteiger partial charge in [-0.15, -0.1) is 0 Å². The lowest BCUT2D eigenvalue weighted by atomic mass is 9.72. The first-order valence-corrected chi connectivity index (χ1v) is 12.7. The molecule has 0 radical (unpaired) electrons. The zero-order chi connectivity index (χ0) is 27.7. The summed E-state index contributed by atoms with van der Waals surface area (Å²) in [5, 5.41) is 19.1. The molecular weight excluding hydrogens is 498 g/mol. The van der Waals surface area contributed by atoms with Crippen LogP contribution in [0.5, 0.6) is 5.75 Å². The van der Waals surface area contributed by atoms with E-state index in [0.29, 0.717) is 5.82 Å². The quantitative estimate of drug-likeness (QED) is 0.332. The van der Waals surface area contributed by atoms with Crippen molar-refractivity contribution in [3.05, 3.63) is 102 Å². The normalized spacial score (nSPS) is 14.6. The first-order chi connectivity index (χ1) is 18.9. The van der Waals surface area contributed by atoms with E-state index in [4.69, 9.17) is 34.0 Å². The van der Waals surface area contributed by atoms with Gasteiger partial charge in [0.15, 0.2) is 0 Å². The number of hydrogen-bond donors (Lipinski definition) is 2. The Morgan fingerprint density at radius 1 is 0.897 bits per heavy atom. The number of carboxylic acids is 2. The molecule has 0 unspecified atom stereocenters. The zero-order valence-corrected chi connectivity index (χ0v) is 21.7. The number of carbonyl (C=O) groups is 2. The second-order valence-corrected chi connectivity index (χ2v) is 9.29. The predicted octanol–water partition coefficient (Wildman–Crippen LogP) is 4.53. The molecule has 5 rings (SSSR count). The third-order valence-electron chi connectivity index (χ3n) is 6.96. The molecule has 1 saturated heterocycles. The van der Waals surface area contributed by atoms with Gasteiger partial charge in [0, 0.05) is 12.1 Å². The number of hydrogen-bond acceptors (Lipinski definition) is 7. The SMILES string of the molecule is COc1ccc(CCN2CCC(c3ccccc3)(c3nc(-c4ccccc4)no3)CC2)cc1.O=C(O)C(=O)O. The van der Waals surface area contributed by atoms with Gasteiger partial charge in [-0.3, -0.25) is 0 Å². The minimum atomic E-state index is -1.82. The smallest absolute Gasteiger partial charge is 0.414 e. The molecule has 202 valence electrons. The average Bonchev–Trinajstić information content (AvgIpc) is 3.49. The van der Waals surface area contributed by atoms with E-state index >= 15 is 0 Å². The van der Waals surface area contributed by atoms with Crippen molar-refractivity contribution >= 4 is 11.9 Å². The zero-order valence-electron chi connectivity index (χ0n) is 21.7. The Morgan fingerprint density at radius 2 is 1.49 bits per heavy atom. The van der Waals surface area contributed by atoms with Gasteiger partial charge in [0.25, 0.3) is 0 Å². The van der Waals surface area contributed by atoms with E-state index in [9.17, 15) is 0 Å². The molecule has 1 aromatic heterocycles. The summed E-state index contributed by atoms with van der Waals surface area (Å²) in [5.41, 5.74) is 3.31. The van der Waals surface area contributed by atoms with Crippen LogP contribution in [0.2, 0.25) is 0 Å². The first-order valence-electron chi connectivity index (χ1n) is 12.7. The number of carboxylic acid groups (broad SMARTS) is 2. The summed E-state index contributed by atoms with van der Waals surface area (Å²) in [6.45, 7) is 3.03. The van der Waals surface area contributed by atoms with E-state index in [1.807, 2.05) is 42.5 Å². The van der Waals surface area contributed by atoms with Crippen molar-refractivity contribution in [2.45, 2.75) is 24.7 Å². The van der Waals surface area contributed by atoms with Gasteiger partial charge < -0.3 is 24.4 Å². The molecule has 2 N–H and O–H groups in total. The Bertz CT molecular complexity index is 1340. The monoisotopic (exact) mass is 529 g/mol. The summed E-state index contributed by atoms with van der Waals surface area (Å²) in [6, 6.07) is 29.1. The van der Waals surface area contributed by atoms with Gasteiger partial charge in [0.1, 0.15) is 5.75 Å². The van der Waals surface area contributed by atoms with Crippen LogP contribution < -0.4 is 4.74 Å². The summed E-state index contributed by atoms with van der Waals surface area (Å²) in [6.07, 6.45) is 2.94. The predicted molar refractivity (Wildman–Crippen MR) is 145 cm³/mol. The minimum absolute atomic E-state index is 0.252. The Hall–Kier alpha value is -4.50. The number of ether oxygens (including phenoxy) is 1. The first kappa shape index (κ1) is 27.5. The van der Waals surface area contributed by atoms with Gasteiger partial charge in [-0.05, 0) is 55.6 Å². The Balaban J connectivity index is 0.000000531. The number of piperidine rings is 1. The minimum Gasteiger partial charge on any atom is -0.497 e. The third-order valence-corrected chi connectivity index (χ3v) is 6.96. The fourth-order valence-corrected chi connectivity index (χ4v) is 4.74. The number of likely N-dealkylation sites (tertiary alicyclic amines) is 1.